The maximum absolute atomic E-state index is 6.70. The fourth-order valence-corrected chi connectivity index (χ4v) is 8.73. The minimum absolute atomic E-state index is 0.219. The molecule has 0 radical (unpaired) electrons. The van der Waals surface area contributed by atoms with Crippen LogP contribution in [0.25, 0.3) is 82.8 Å². The summed E-state index contributed by atoms with van der Waals surface area (Å²) in [5.41, 5.74) is 14.1. The summed E-state index contributed by atoms with van der Waals surface area (Å²) in [5.74, 6) is 1.81. The van der Waals surface area contributed by atoms with Gasteiger partial charge in [0.1, 0.15) is 22.7 Å². The number of hydrogen-bond donors (Lipinski definition) is 0. The van der Waals surface area contributed by atoms with Crippen LogP contribution in [-0.4, -0.2) is 4.57 Å². The number of para-hydroxylation sites is 4. The number of hydrogen-bond acceptors (Lipinski definition) is 2. The zero-order valence-electron chi connectivity index (χ0n) is 30.0. The number of furan rings is 1. The summed E-state index contributed by atoms with van der Waals surface area (Å²) in [6.45, 7) is 4.60. The summed E-state index contributed by atoms with van der Waals surface area (Å²) in [4.78, 5) is 0. The van der Waals surface area contributed by atoms with E-state index >= 15 is 0 Å². The molecule has 3 heterocycles. The molecular formula is C51H35NO2. The third-order valence-electron chi connectivity index (χ3n) is 11.4. The maximum Gasteiger partial charge on any atom is 0.143 e. The Labute approximate surface area is 313 Å². The van der Waals surface area contributed by atoms with E-state index in [0.29, 0.717) is 0 Å². The molecule has 0 saturated carbocycles. The largest absolute Gasteiger partial charge is 0.457 e. The Hall–Kier alpha value is -6.84. The standard InChI is InChI=1S/C51H35NO2/c1-51(2)43-22-8-11-25-48(43)53-49-31-46-42(30-44(49)51)39-18-6-9-23-45(39)52(46)37-28-35(34-17-12-16-33(26-34)32-14-4-3-5-15-32)27-36(29-37)38-20-13-21-41-40-19-7-10-24-47(40)54-50(38)41/h3-31H,1-2H3. The first-order valence-electron chi connectivity index (χ1n) is 18.6. The van der Waals surface area contributed by atoms with Crippen LogP contribution in [0.4, 0.5) is 0 Å². The SMILES string of the molecule is CC1(C)c2ccccc2Oc2cc3c(cc21)c1ccccc1n3-c1cc(-c2cccc(-c3ccccc3)c2)cc(-c2cccc3c2oc2ccccc23)c1. The van der Waals surface area contributed by atoms with Crippen LogP contribution in [0.3, 0.4) is 0 Å². The fourth-order valence-electron chi connectivity index (χ4n) is 8.73. The molecule has 8 aromatic carbocycles. The summed E-state index contributed by atoms with van der Waals surface area (Å²) in [7, 11) is 0. The predicted octanol–water partition coefficient (Wildman–Crippen LogP) is 14.1. The monoisotopic (exact) mass is 693 g/mol. The molecule has 0 N–H and O–H groups in total. The Balaban J connectivity index is 1.19. The Bertz CT molecular complexity index is 3110. The van der Waals surface area contributed by atoms with Crippen molar-refractivity contribution in [3.8, 4) is 50.6 Å². The van der Waals surface area contributed by atoms with E-state index in [2.05, 4.69) is 188 Å². The average Bonchev–Trinajstić information content (AvgIpc) is 3.76. The highest BCUT2D eigenvalue weighted by Crippen LogP contribution is 2.50. The molecule has 0 unspecified atom stereocenters. The minimum Gasteiger partial charge on any atom is -0.457 e. The molecule has 3 nitrogen and oxygen atoms in total. The van der Waals surface area contributed by atoms with Gasteiger partial charge in [-0.25, -0.2) is 0 Å². The molecule has 11 rings (SSSR count). The average molecular weight is 694 g/mol. The molecule has 256 valence electrons. The molecule has 1 aliphatic rings. The molecule has 0 aliphatic carbocycles. The van der Waals surface area contributed by atoms with Crippen LogP contribution < -0.4 is 4.74 Å². The second-order valence-corrected chi connectivity index (χ2v) is 14.9. The molecule has 2 aromatic heterocycles. The van der Waals surface area contributed by atoms with Gasteiger partial charge in [-0.1, -0.05) is 135 Å². The van der Waals surface area contributed by atoms with Gasteiger partial charge in [-0.05, 0) is 76.3 Å². The smallest absolute Gasteiger partial charge is 0.143 e. The molecule has 0 saturated heterocycles. The molecule has 1 aliphatic heterocycles. The van der Waals surface area contributed by atoms with E-state index in [1.165, 1.54) is 33.0 Å². The van der Waals surface area contributed by atoms with Crippen molar-refractivity contribution in [1.29, 1.82) is 0 Å². The first-order valence-corrected chi connectivity index (χ1v) is 18.6. The maximum atomic E-state index is 6.70. The van der Waals surface area contributed by atoms with Crippen LogP contribution in [0.1, 0.15) is 25.0 Å². The third-order valence-corrected chi connectivity index (χ3v) is 11.4. The van der Waals surface area contributed by atoms with Gasteiger partial charge in [0.15, 0.2) is 0 Å². The van der Waals surface area contributed by atoms with Gasteiger partial charge in [-0.3, -0.25) is 0 Å². The van der Waals surface area contributed by atoms with Crippen molar-refractivity contribution in [2.45, 2.75) is 19.3 Å². The van der Waals surface area contributed by atoms with Crippen molar-refractivity contribution in [2.75, 3.05) is 0 Å². The van der Waals surface area contributed by atoms with Crippen molar-refractivity contribution in [3.05, 3.63) is 187 Å². The quantitative estimate of drug-likeness (QED) is 0.183. The minimum atomic E-state index is -0.219. The summed E-state index contributed by atoms with van der Waals surface area (Å²) in [6, 6.07) is 63.0. The van der Waals surface area contributed by atoms with Crippen LogP contribution in [0.15, 0.2) is 180 Å². The number of aromatic nitrogens is 1. The molecule has 0 atom stereocenters. The number of nitrogens with zero attached hydrogens (tertiary/aromatic N) is 1. The van der Waals surface area contributed by atoms with Crippen molar-refractivity contribution in [1.82, 2.24) is 4.57 Å². The van der Waals surface area contributed by atoms with E-state index in [-0.39, 0.29) is 5.41 Å². The van der Waals surface area contributed by atoms with Gasteiger partial charge < -0.3 is 13.7 Å². The van der Waals surface area contributed by atoms with Crippen molar-refractivity contribution < 1.29 is 9.15 Å². The van der Waals surface area contributed by atoms with Crippen LogP contribution in [0.5, 0.6) is 11.5 Å². The van der Waals surface area contributed by atoms with Gasteiger partial charge in [0.25, 0.3) is 0 Å². The van der Waals surface area contributed by atoms with Crippen LogP contribution in [-0.2, 0) is 5.41 Å². The van der Waals surface area contributed by atoms with E-state index in [1.807, 2.05) is 6.07 Å². The number of benzene rings is 8. The lowest BCUT2D eigenvalue weighted by Gasteiger charge is -2.34. The number of fused-ring (bicyclic) bond motifs is 8. The second-order valence-electron chi connectivity index (χ2n) is 14.9. The Morgan fingerprint density at radius 1 is 0.426 bits per heavy atom. The van der Waals surface area contributed by atoms with Gasteiger partial charge in [0.05, 0.1) is 11.0 Å². The van der Waals surface area contributed by atoms with E-state index in [4.69, 9.17) is 9.15 Å². The molecule has 3 heteroatoms. The van der Waals surface area contributed by atoms with Crippen molar-refractivity contribution in [3.63, 3.8) is 0 Å². The van der Waals surface area contributed by atoms with Crippen molar-refractivity contribution >= 4 is 43.7 Å². The van der Waals surface area contributed by atoms with Crippen molar-refractivity contribution in [2.24, 2.45) is 0 Å². The highest BCUT2D eigenvalue weighted by atomic mass is 16.5. The molecule has 0 spiro atoms. The van der Waals surface area contributed by atoms with Crippen LogP contribution >= 0.6 is 0 Å². The van der Waals surface area contributed by atoms with E-state index in [9.17, 15) is 0 Å². The van der Waals surface area contributed by atoms with Gasteiger partial charge in [0.2, 0.25) is 0 Å². The molecule has 0 bridgehead atoms. The van der Waals surface area contributed by atoms with E-state index in [0.717, 1.165) is 72.4 Å². The number of ether oxygens (including phenoxy) is 1. The van der Waals surface area contributed by atoms with E-state index < -0.39 is 0 Å². The first kappa shape index (κ1) is 30.8. The zero-order valence-corrected chi connectivity index (χ0v) is 30.0. The van der Waals surface area contributed by atoms with Crippen LogP contribution in [0.2, 0.25) is 0 Å². The fraction of sp³-hybridized carbons (Fsp3) is 0.0588. The zero-order chi connectivity index (χ0) is 36.0. The summed E-state index contributed by atoms with van der Waals surface area (Å²) in [6.07, 6.45) is 0. The predicted molar refractivity (Wildman–Crippen MR) is 223 cm³/mol. The lowest BCUT2D eigenvalue weighted by molar-refractivity contribution is 0.419. The first-order chi connectivity index (χ1) is 26.5. The highest BCUT2D eigenvalue weighted by molar-refractivity contribution is 6.11. The Kier molecular flexibility index (Phi) is 6.60. The number of rotatable bonds is 4. The van der Waals surface area contributed by atoms with Gasteiger partial charge >= 0.3 is 0 Å². The molecule has 0 amide bonds. The topological polar surface area (TPSA) is 27.3 Å². The summed E-state index contributed by atoms with van der Waals surface area (Å²) in [5, 5.41) is 4.66. The second kappa shape index (κ2) is 11.6. The molecular weight excluding hydrogens is 659 g/mol. The van der Waals surface area contributed by atoms with Gasteiger partial charge in [-0.2, -0.15) is 0 Å². The van der Waals surface area contributed by atoms with Gasteiger partial charge in [0, 0.05) is 55.4 Å². The van der Waals surface area contributed by atoms with Crippen LogP contribution in [0, 0.1) is 0 Å². The lowest BCUT2D eigenvalue weighted by atomic mass is 9.75. The molecule has 54 heavy (non-hydrogen) atoms. The lowest BCUT2D eigenvalue weighted by Crippen LogP contribution is -2.24. The highest BCUT2D eigenvalue weighted by Gasteiger charge is 2.35. The third kappa shape index (κ3) is 4.61. The summed E-state index contributed by atoms with van der Waals surface area (Å²) < 4.78 is 15.7. The Morgan fingerprint density at radius 2 is 1.09 bits per heavy atom. The normalized spacial score (nSPS) is 13.3. The molecule has 10 aromatic rings. The molecule has 0 fully saturated rings. The van der Waals surface area contributed by atoms with Gasteiger partial charge in [-0.15, -0.1) is 0 Å². The summed E-state index contributed by atoms with van der Waals surface area (Å²) >= 11 is 0. The van der Waals surface area contributed by atoms with E-state index in [1.54, 1.807) is 0 Å². The Morgan fingerprint density at radius 3 is 1.98 bits per heavy atom.